The Morgan fingerprint density at radius 3 is 2.25 bits per heavy atom. The molecule has 0 atom stereocenters. The maximum Gasteiger partial charge on any atom is 0.120 e. The highest BCUT2D eigenvalue weighted by molar-refractivity contribution is 5.38. The predicted octanol–water partition coefficient (Wildman–Crippen LogP) is 4.02. The molecule has 16 heavy (non-hydrogen) atoms. The van der Waals surface area contributed by atoms with Crippen LogP contribution in [0.2, 0.25) is 0 Å². The van der Waals surface area contributed by atoms with Crippen molar-refractivity contribution in [3.05, 3.63) is 29.8 Å². The van der Waals surface area contributed by atoms with E-state index in [1.807, 2.05) is 45.0 Å². The summed E-state index contributed by atoms with van der Waals surface area (Å²) in [6, 6.07) is 7.95. The molecule has 0 aliphatic heterocycles. The zero-order valence-electron chi connectivity index (χ0n) is 10.6. The summed E-state index contributed by atoms with van der Waals surface area (Å²) in [4.78, 5) is 0. The summed E-state index contributed by atoms with van der Waals surface area (Å²) in [6.45, 7) is 8.26. The van der Waals surface area contributed by atoms with Crippen LogP contribution in [0.1, 0.15) is 46.1 Å². The molecule has 0 aromatic heterocycles. The standard InChI is InChI=1S/C15H20O/c1-5-6-7-8-13-9-11-14(12-10-13)16-15(2,3)4/h9-12H,5-6H2,1-4H3. The van der Waals surface area contributed by atoms with Gasteiger partial charge in [-0.25, -0.2) is 0 Å². The molecule has 0 unspecified atom stereocenters. The van der Waals surface area contributed by atoms with Gasteiger partial charge in [-0.1, -0.05) is 18.8 Å². The summed E-state index contributed by atoms with van der Waals surface area (Å²) in [6.07, 6.45) is 2.07. The van der Waals surface area contributed by atoms with Crippen molar-refractivity contribution in [1.82, 2.24) is 0 Å². The third-order valence-electron chi connectivity index (χ3n) is 1.89. The van der Waals surface area contributed by atoms with Crippen LogP contribution in [0.5, 0.6) is 5.75 Å². The minimum Gasteiger partial charge on any atom is -0.488 e. The molecule has 1 aromatic carbocycles. The van der Waals surface area contributed by atoms with E-state index in [0.29, 0.717) is 0 Å². The van der Waals surface area contributed by atoms with Crippen LogP contribution in [0.3, 0.4) is 0 Å². The van der Waals surface area contributed by atoms with E-state index in [1.165, 1.54) is 0 Å². The van der Waals surface area contributed by atoms with Gasteiger partial charge < -0.3 is 4.74 Å². The van der Waals surface area contributed by atoms with Crippen LogP contribution in [-0.2, 0) is 0 Å². The highest BCUT2D eigenvalue weighted by Crippen LogP contribution is 2.18. The molecule has 0 fully saturated rings. The minimum absolute atomic E-state index is 0.143. The van der Waals surface area contributed by atoms with E-state index in [9.17, 15) is 0 Å². The first-order valence-corrected chi connectivity index (χ1v) is 5.79. The van der Waals surface area contributed by atoms with Gasteiger partial charge in [0.1, 0.15) is 11.4 Å². The summed E-state index contributed by atoms with van der Waals surface area (Å²) in [5.41, 5.74) is 0.907. The third-order valence-corrected chi connectivity index (χ3v) is 1.89. The van der Waals surface area contributed by atoms with Gasteiger partial charge in [0.25, 0.3) is 0 Å². The maximum absolute atomic E-state index is 5.73. The van der Waals surface area contributed by atoms with Gasteiger partial charge in [0.15, 0.2) is 0 Å². The first-order chi connectivity index (χ1) is 7.51. The van der Waals surface area contributed by atoms with Gasteiger partial charge in [-0.2, -0.15) is 0 Å². The van der Waals surface area contributed by atoms with Gasteiger partial charge in [0, 0.05) is 12.0 Å². The molecule has 0 aliphatic carbocycles. The number of rotatable bonds is 2. The Bertz CT molecular complexity index is 371. The molecular formula is C15H20O. The third kappa shape index (κ3) is 4.89. The van der Waals surface area contributed by atoms with E-state index in [1.54, 1.807) is 0 Å². The first kappa shape index (κ1) is 12.6. The lowest BCUT2D eigenvalue weighted by atomic mass is 10.1. The van der Waals surface area contributed by atoms with Crippen molar-refractivity contribution in [2.24, 2.45) is 0 Å². The van der Waals surface area contributed by atoms with E-state index >= 15 is 0 Å². The fourth-order valence-corrected chi connectivity index (χ4v) is 1.25. The molecule has 1 nitrogen and oxygen atoms in total. The van der Waals surface area contributed by atoms with Crippen molar-refractivity contribution in [3.8, 4) is 17.6 Å². The van der Waals surface area contributed by atoms with Gasteiger partial charge in [-0.05, 0) is 51.5 Å². The molecule has 0 N–H and O–H groups in total. The largest absolute Gasteiger partial charge is 0.488 e. The summed E-state index contributed by atoms with van der Waals surface area (Å²) < 4.78 is 5.73. The molecule has 1 aromatic rings. The van der Waals surface area contributed by atoms with Crippen LogP contribution in [0.4, 0.5) is 0 Å². The molecule has 0 radical (unpaired) electrons. The smallest absolute Gasteiger partial charge is 0.120 e. The monoisotopic (exact) mass is 216 g/mol. The molecular weight excluding hydrogens is 196 g/mol. The molecule has 86 valence electrons. The molecule has 0 saturated heterocycles. The van der Waals surface area contributed by atoms with Crippen molar-refractivity contribution < 1.29 is 4.74 Å². The second kappa shape index (κ2) is 5.61. The fraction of sp³-hybridized carbons (Fsp3) is 0.467. The first-order valence-electron chi connectivity index (χ1n) is 5.79. The van der Waals surface area contributed by atoms with Crippen molar-refractivity contribution in [2.75, 3.05) is 0 Å². The lowest BCUT2D eigenvalue weighted by Gasteiger charge is -2.21. The summed E-state index contributed by atoms with van der Waals surface area (Å²) in [5, 5.41) is 0. The molecule has 0 saturated carbocycles. The zero-order chi connectivity index (χ0) is 12.0. The van der Waals surface area contributed by atoms with Crippen LogP contribution >= 0.6 is 0 Å². The summed E-state index contributed by atoms with van der Waals surface area (Å²) in [7, 11) is 0. The molecule has 0 aliphatic rings. The van der Waals surface area contributed by atoms with E-state index in [2.05, 4.69) is 18.8 Å². The molecule has 0 spiro atoms. The van der Waals surface area contributed by atoms with E-state index in [4.69, 9.17) is 4.74 Å². The Hall–Kier alpha value is -1.42. The SMILES string of the molecule is CCCC#Cc1ccc(OC(C)(C)C)cc1. The molecule has 0 heterocycles. The van der Waals surface area contributed by atoms with Gasteiger partial charge >= 0.3 is 0 Å². The summed E-state index contributed by atoms with van der Waals surface area (Å²) in [5.74, 6) is 7.16. The number of ether oxygens (including phenoxy) is 1. The highest BCUT2D eigenvalue weighted by atomic mass is 16.5. The topological polar surface area (TPSA) is 9.23 Å². The second-order valence-corrected chi connectivity index (χ2v) is 4.79. The van der Waals surface area contributed by atoms with E-state index in [0.717, 1.165) is 24.2 Å². The quantitative estimate of drug-likeness (QED) is 0.678. The van der Waals surface area contributed by atoms with Crippen LogP contribution in [0, 0.1) is 11.8 Å². The number of hydrogen-bond acceptors (Lipinski definition) is 1. The Morgan fingerprint density at radius 1 is 1.12 bits per heavy atom. The molecule has 1 heteroatoms. The second-order valence-electron chi connectivity index (χ2n) is 4.79. The molecule has 1 rings (SSSR count). The highest BCUT2D eigenvalue weighted by Gasteiger charge is 2.10. The van der Waals surface area contributed by atoms with E-state index < -0.39 is 0 Å². The minimum atomic E-state index is -0.143. The Balaban J connectivity index is 2.66. The van der Waals surface area contributed by atoms with Gasteiger partial charge in [0.05, 0.1) is 0 Å². The Labute approximate surface area is 98.8 Å². The van der Waals surface area contributed by atoms with Gasteiger partial charge in [-0.15, -0.1) is 0 Å². The average molecular weight is 216 g/mol. The Morgan fingerprint density at radius 2 is 1.75 bits per heavy atom. The predicted molar refractivity (Wildman–Crippen MR) is 68.6 cm³/mol. The van der Waals surface area contributed by atoms with Crippen LogP contribution in [-0.4, -0.2) is 5.60 Å². The fourth-order valence-electron chi connectivity index (χ4n) is 1.25. The van der Waals surface area contributed by atoms with Gasteiger partial charge in [-0.3, -0.25) is 0 Å². The van der Waals surface area contributed by atoms with Crippen LogP contribution < -0.4 is 4.74 Å². The molecule has 0 amide bonds. The van der Waals surface area contributed by atoms with Gasteiger partial charge in [0.2, 0.25) is 0 Å². The summed E-state index contributed by atoms with van der Waals surface area (Å²) >= 11 is 0. The van der Waals surface area contributed by atoms with Crippen LogP contribution in [0.25, 0.3) is 0 Å². The zero-order valence-corrected chi connectivity index (χ0v) is 10.6. The molecule has 0 bridgehead atoms. The number of hydrogen-bond donors (Lipinski definition) is 0. The lowest BCUT2D eigenvalue weighted by Crippen LogP contribution is -2.22. The maximum atomic E-state index is 5.73. The number of benzene rings is 1. The number of unbranched alkanes of at least 4 members (excludes halogenated alkanes) is 1. The van der Waals surface area contributed by atoms with E-state index in [-0.39, 0.29) is 5.60 Å². The average Bonchev–Trinajstić information content (AvgIpc) is 2.19. The van der Waals surface area contributed by atoms with Crippen molar-refractivity contribution in [1.29, 1.82) is 0 Å². The normalized spacial score (nSPS) is 10.5. The van der Waals surface area contributed by atoms with Crippen LogP contribution in [0.15, 0.2) is 24.3 Å². The Kier molecular flexibility index (Phi) is 4.43. The lowest BCUT2D eigenvalue weighted by molar-refractivity contribution is 0.131. The van der Waals surface area contributed by atoms with Crippen molar-refractivity contribution >= 4 is 0 Å². The van der Waals surface area contributed by atoms with Crippen molar-refractivity contribution in [2.45, 2.75) is 46.1 Å². The van der Waals surface area contributed by atoms with Crippen molar-refractivity contribution in [3.63, 3.8) is 0 Å².